The summed E-state index contributed by atoms with van der Waals surface area (Å²) in [4.78, 5) is 14.0. The lowest BCUT2D eigenvalue weighted by molar-refractivity contribution is -0.119. The average Bonchev–Trinajstić information content (AvgIpc) is 2.75. The van der Waals surface area contributed by atoms with Crippen molar-refractivity contribution in [3.63, 3.8) is 0 Å². The van der Waals surface area contributed by atoms with Gasteiger partial charge in [0.2, 0.25) is 5.91 Å². The molecule has 0 saturated heterocycles. The number of primary amides is 1. The van der Waals surface area contributed by atoms with Crippen molar-refractivity contribution < 1.29 is 9.90 Å². The molecule has 0 saturated carbocycles. The second-order valence-corrected chi connectivity index (χ2v) is 4.80. The first-order valence-corrected chi connectivity index (χ1v) is 6.72. The van der Waals surface area contributed by atoms with Crippen LogP contribution in [0, 0.1) is 11.8 Å². The van der Waals surface area contributed by atoms with Crippen molar-refractivity contribution in [3.8, 4) is 11.8 Å². The zero-order valence-corrected chi connectivity index (χ0v) is 11.3. The molecule has 1 aromatic heterocycles. The molecule has 0 unspecified atom stereocenters. The molecule has 98 valence electrons. The van der Waals surface area contributed by atoms with Crippen LogP contribution in [-0.4, -0.2) is 35.6 Å². The Morgan fingerprint density at radius 2 is 2.39 bits per heavy atom. The Morgan fingerprint density at radius 1 is 1.61 bits per heavy atom. The number of hydrogen-bond donors (Lipinski definition) is 2. The minimum Gasteiger partial charge on any atom is -0.395 e. The highest BCUT2D eigenvalue weighted by Gasteiger charge is 2.10. The largest absolute Gasteiger partial charge is 0.395 e. The van der Waals surface area contributed by atoms with Gasteiger partial charge in [0, 0.05) is 23.4 Å². The predicted molar refractivity (Wildman–Crippen MR) is 73.0 cm³/mol. The van der Waals surface area contributed by atoms with Crippen LogP contribution in [0.15, 0.2) is 11.4 Å². The lowest BCUT2D eigenvalue weighted by Crippen LogP contribution is -2.33. The monoisotopic (exact) mass is 266 g/mol. The number of amides is 1. The third kappa shape index (κ3) is 4.88. The van der Waals surface area contributed by atoms with Gasteiger partial charge in [-0.2, -0.15) is 0 Å². The van der Waals surface area contributed by atoms with Gasteiger partial charge in [-0.05, 0) is 18.0 Å². The Kier molecular flexibility index (Phi) is 6.44. The SMILES string of the molecule is CCN(CC(N)=O)Cc1sccc1C#CCCO. The normalized spacial score (nSPS) is 10.2. The van der Waals surface area contributed by atoms with E-state index in [4.69, 9.17) is 10.8 Å². The molecular weight excluding hydrogens is 248 g/mol. The second-order valence-electron chi connectivity index (χ2n) is 3.80. The van der Waals surface area contributed by atoms with Gasteiger partial charge < -0.3 is 10.8 Å². The van der Waals surface area contributed by atoms with E-state index < -0.39 is 0 Å². The van der Waals surface area contributed by atoms with Crippen molar-refractivity contribution in [2.75, 3.05) is 19.7 Å². The highest BCUT2D eigenvalue weighted by atomic mass is 32.1. The topological polar surface area (TPSA) is 66.6 Å². The summed E-state index contributed by atoms with van der Waals surface area (Å²) in [6.07, 6.45) is 0.480. The van der Waals surface area contributed by atoms with E-state index in [2.05, 4.69) is 11.8 Å². The summed E-state index contributed by atoms with van der Waals surface area (Å²) in [5.41, 5.74) is 6.17. The van der Waals surface area contributed by atoms with E-state index in [0.29, 0.717) is 13.0 Å². The van der Waals surface area contributed by atoms with Crippen LogP contribution < -0.4 is 5.73 Å². The highest BCUT2D eigenvalue weighted by molar-refractivity contribution is 7.10. The van der Waals surface area contributed by atoms with Crippen molar-refractivity contribution in [3.05, 3.63) is 21.9 Å². The van der Waals surface area contributed by atoms with Crippen LogP contribution in [0.2, 0.25) is 0 Å². The Balaban J connectivity index is 2.69. The summed E-state index contributed by atoms with van der Waals surface area (Å²) in [6.45, 7) is 3.78. The molecular formula is C13H18N2O2S. The lowest BCUT2D eigenvalue weighted by Gasteiger charge is -2.17. The van der Waals surface area contributed by atoms with Gasteiger partial charge in [-0.15, -0.1) is 11.3 Å². The van der Waals surface area contributed by atoms with Crippen molar-refractivity contribution >= 4 is 17.2 Å². The van der Waals surface area contributed by atoms with E-state index in [9.17, 15) is 4.79 Å². The van der Waals surface area contributed by atoms with Crippen molar-refractivity contribution in [2.24, 2.45) is 5.73 Å². The molecule has 0 fully saturated rings. The minimum absolute atomic E-state index is 0.0786. The quantitative estimate of drug-likeness (QED) is 0.748. The smallest absolute Gasteiger partial charge is 0.231 e. The lowest BCUT2D eigenvalue weighted by atomic mass is 10.2. The molecule has 0 spiro atoms. The standard InChI is InChI=1S/C13H18N2O2S/c1-2-15(10-13(14)17)9-12-11(6-8-18-12)5-3-4-7-16/h6,8,16H,2,4,7,9-10H2,1H3,(H2,14,17). The van der Waals surface area contributed by atoms with E-state index in [1.54, 1.807) is 11.3 Å². The maximum atomic E-state index is 10.9. The number of aliphatic hydroxyl groups is 1. The van der Waals surface area contributed by atoms with Gasteiger partial charge in [0.15, 0.2) is 0 Å². The fraction of sp³-hybridized carbons (Fsp3) is 0.462. The second kappa shape index (κ2) is 7.88. The number of carbonyl (C=O) groups excluding carboxylic acids is 1. The average molecular weight is 266 g/mol. The molecule has 0 aromatic carbocycles. The number of aliphatic hydroxyl groups excluding tert-OH is 1. The van der Waals surface area contributed by atoms with E-state index in [1.807, 2.05) is 23.3 Å². The third-order valence-corrected chi connectivity index (χ3v) is 3.30. The Labute approximate surface area is 111 Å². The molecule has 5 heteroatoms. The summed E-state index contributed by atoms with van der Waals surface area (Å²) in [7, 11) is 0. The Morgan fingerprint density at radius 3 is 3.00 bits per heavy atom. The van der Waals surface area contributed by atoms with Crippen LogP contribution >= 0.6 is 11.3 Å². The Bertz CT molecular complexity index is 445. The number of thiophene rings is 1. The van der Waals surface area contributed by atoms with E-state index in [-0.39, 0.29) is 19.1 Å². The van der Waals surface area contributed by atoms with E-state index in [1.165, 1.54) is 0 Å². The van der Waals surface area contributed by atoms with Gasteiger partial charge in [-0.25, -0.2) is 0 Å². The summed E-state index contributed by atoms with van der Waals surface area (Å²) in [5, 5.41) is 10.7. The number of carbonyl (C=O) groups is 1. The fourth-order valence-electron chi connectivity index (χ4n) is 1.49. The molecule has 0 aliphatic heterocycles. The van der Waals surface area contributed by atoms with Crippen LogP contribution in [0.1, 0.15) is 23.8 Å². The summed E-state index contributed by atoms with van der Waals surface area (Å²) < 4.78 is 0. The van der Waals surface area contributed by atoms with E-state index >= 15 is 0 Å². The van der Waals surface area contributed by atoms with Gasteiger partial charge in [-0.3, -0.25) is 9.69 Å². The van der Waals surface area contributed by atoms with E-state index in [0.717, 1.165) is 17.0 Å². The maximum Gasteiger partial charge on any atom is 0.231 e. The molecule has 1 heterocycles. The van der Waals surface area contributed by atoms with Gasteiger partial charge in [-0.1, -0.05) is 18.8 Å². The van der Waals surface area contributed by atoms with Crippen LogP contribution in [0.5, 0.6) is 0 Å². The molecule has 0 radical (unpaired) electrons. The van der Waals surface area contributed by atoms with Gasteiger partial charge in [0.05, 0.1) is 13.2 Å². The molecule has 0 aliphatic rings. The molecule has 1 rings (SSSR count). The zero-order valence-electron chi connectivity index (χ0n) is 10.5. The molecule has 1 aromatic rings. The molecule has 18 heavy (non-hydrogen) atoms. The predicted octanol–water partition coefficient (Wildman–Crippen LogP) is 0.789. The number of hydrogen-bond acceptors (Lipinski definition) is 4. The molecule has 1 amide bonds. The molecule has 0 atom stereocenters. The first-order valence-electron chi connectivity index (χ1n) is 5.84. The van der Waals surface area contributed by atoms with Gasteiger partial charge in [0.1, 0.15) is 0 Å². The first-order chi connectivity index (χ1) is 8.67. The summed E-state index contributed by atoms with van der Waals surface area (Å²) in [5.74, 6) is 5.62. The third-order valence-electron chi connectivity index (χ3n) is 2.40. The van der Waals surface area contributed by atoms with Crippen LogP contribution in [0.4, 0.5) is 0 Å². The number of rotatable bonds is 6. The highest BCUT2D eigenvalue weighted by Crippen LogP contribution is 2.18. The molecule has 4 nitrogen and oxygen atoms in total. The maximum absolute atomic E-state index is 10.9. The van der Waals surface area contributed by atoms with Crippen LogP contribution in [0.25, 0.3) is 0 Å². The first kappa shape index (κ1) is 14.7. The van der Waals surface area contributed by atoms with Gasteiger partial charge in [0.25, 0.3) is 0 Å². The van der Waals surface area contributed by atoms with Crippen LogP contribution in [0.3, 0.4) is 0 Å². The zero-order chi connectivity index (χ0) is 13.4. The van der Waals surface area contributed by atoms with Crippen molar-refractivity contribution in [1.29, 1.82) is 0 Å². The number of likely N-dealkylation sites (N-methyl/N-ethyl adjacent to an activating group) is 1. The van der Waals surface area contributed by atoms with Crippen molar-refractivity contribution in [2.45, 2.75) is 19.9 Å². The molecule has 0 bridgehead atoms. The van der Waals surface area contributed by atoms with Crippen LogP contribution in [-0.2, 0) is 11.3 Å². The Hall–Kier alpha value is -1.35. The number of nitrogens with two attached hydrogens (primary N) is 1. The minimum atomic E-state index is -0.318. The summed E-state index contributed by atoms with van der Waals surface area (Å²) in [6, 6.07) is 1.96. The molecule has 0 aliphatic carbocycles. The fourth-order valence-corrected chi connectivity index (χ4v) is 2.36. The van der Waals surface area contributed by atoms with Crippen molar-refractivity contribution in [1.82, 2.24) is 4.90 Å². The molecule has 3 N–H and O–H groups in total. The number of nitrogens with zero attached hydrogens (tertiary/aromatic N) is 1. The van der Waals surface area contributed by atoms with Gasteiger partial charge >= 0.3 is 0 Å². The summed E-state index contributed by atoms with van der Waals surface area (Å²) >= 11 is 1.62.